The molecule has 0 aliphatic carbocycles. The highest BCUT2D eigenvalue weighted by Crippen LogP contribution is 2.24. The van der Waals surface area contributed by atoms with E-state index >= 15 is 0 Å². The quantitative estimate of drug-likeness (QED) is 0.792. The van der Waals surface area contributed by atoms with Crippen molar-refractivity contribution in [2.45, 2.75) is 40.2 Å². The van der Waals surface area contributed by atoms with Crippen LogP contribution >= 0.6 is 0 Å². The highest BCUT2D eigenvalue weighted by Gasteiger charge is 2.10. The standard InChI is InChI=1S/C15H22N2/c1-15(2,3)9-5-10-17-11-8-12-13(16)6-4-7-14(12)17/h4,6-8,11H,5,9-10,16H2,1-3H3. The van der Waals surface area contributed by atoms with Crippen LogP contribution in [0, 0.1) is 5.41 Å². The molecule has 0 radical (unpaired) electrons. The minimum Gasteiger partial charge on any atom is -0.398 e. The number of nitrogens with zero attached hydrogens (tertiary/aromatic N) is 1. The molecule has 2 heteroatoms. The van der Waals surface area contributed by atoms with Gasteiger partial charge in [-0.15, -0.1) is 0 Å². The van der Waals surface area contributed by atoms with Crippen molar-refractivity contribution in [3.8, 4) is 0 Å². The molecule has 0 amide bonds. The van der Waals surface area contributed by atoms with E-state index in [4.69, 9.17) is 5.73 Å². The van der Waals surface area contributed by atoms with E-state index in [-0.39, 0.29) is 0 Å². The Balaban J connectivity index is 2.12. The first-order valence-corrected chi connectivity index (χ1v) is 6.31. The first-order valence-electron chi connectivity index (χ1n) is 6.31. The van der Waals surface area contributed by atoms with Gasteiger partial charge in [0.15, 0.2) is 0 Å². The molecule has 1 aromatic heterocycles. The van der Waals surface area contributed by atoms with Crippen LogP contribution in [0.15, 0.2) is 30.5 Å². The highest BCUT2D eigenvalue weighted by atomic mass is 14.9. The van der Waals surface area contributed by atoms with E-state index in [1.807, 2.05) is 12.1 Å². The predicted octanol–water partition coefficient (Wildman–Crippen LogP) is 4.05. The Morgan fingerprint density at radius 3 is 2.65 bits per heavy atom. The lowest BCUT2D eigenvalue weighted by molar-refractivity contribution is 0.355. The molecule has 0 bridgehead atoms. The van der Waals surface area contributed by atoms with Crippen molar-refractivity contribution in [2.24, 2.45) is 5.41 Å². The number of aromatic nitrogens is 1. The third kappa shape index (κ3) is 2.82. The number of benzene rings is 1. The summed E-state index contributed by atoms with van der Waals surface area (Å²) in [6.07, 6.45) is 4.60. The summed E-state index contributed by atoms with van der Waals surface area (Å²) < 4.78 is 2.30. The maximum atomic E-state index is 5.95. The van der Waals surface area contributed by atoms with Gasteiger partial charge in [0, 0.05) is 23.8 Å². The van der Waals surface area contributed by atoms with Crippen molar-refractivity contribution in [3.63, 3.8) is 0 Å². The van der Waals surface area contributed by atoms with E-state index in [1.165, 1.54) is 23.7 Å². The van der Waals surface area contributed by atoms with Gasteiger partial charge in [-0.25, -0.2) is 0 Å². The fourth-order valence-corrected chi connectivity index (χ4v) is 2.22. The molecule has 1 heterocycles. The van der Waals surface area contributed by atoms with Crippen LogP contribution < -0.4 is 5.73 Å². The molecule has 0 atom stereocenters. The summed E-state index contributed by atoms with van der Waals surface area (Å²) >= 11 is 0. The second kappa shape index (κ2) is 4.44. The molecule has 0 fully saturated rings. The van der Waals surface area contributed by atoms with Crippen molar-refractivity contribution in [3.05, 3.63) is 30.5 Å². The topological polar surface area (TPSA) is 30.9 Å². The lowest BCUT2D eigenvalue weighted by atomic mass is 9.91. The van der Waals surface area contributed by atoms with Crippen LogP contribution in [0.2, 0.25) is 0 Å². The van der Waals surface area contributed by atoms with Gasteiger partial charge in [-0.1, -0.05) is 26.8 Å². The molecule has 2 nitrogen and oxygen atoms in total. The lowest BCUT2D eigenvalue weighted by Crippen LogP contribution is -2.07. The van der Waals surface area contributed by atoms with Crippen LogP contribution in [0.4, 0.5) is 5.69 Å². The Labute approximate surface area is 103 Å². The van der Waals surface area contributed by atoms with Gasteiger partial charge in [0.1, 0.15) is 0 Å². The Kier molecular flexibility index (Phi) is 3.14. The van der Waals surface area contributed by atoms with Gasteiger partial charge >= 0.3 is 0 Å². The average Bonchev–Trinajstić information content (AvgIpc) is 2.61. The monoisotopic (exact) mass is 230 g/mol. The molecule has 0 aliphatic rings. The number of nitrogens with two attached hydrogens (primary N) is 1. The highest BCUT2D eigenvalue weighted by molar-refractivity contribution is 5.91. The summed E-state index contributed by atoms with van der Waals surface area (Å²) in [5, 5.41) is 1.17. The van der Waals surface area contributed by atoms with Crippen molar-refractivity contribution >= 4 is 16.6 Å². The van der Waals surface area contributed by atoms with Crippen molar-refractivity contribution in [1.82, 2.24) is 4.57 Å². The minimum absolute atomic E-state index is 0.419. The zero-order valence-corrected chi connectivity index (χ0v) is 11.0. The molecule has 0 spiro atoms. The largest absolute Gasteiger partial charge is 0.398 e. The van der Waals surface area contributed by atoms with Gasteiger partial charge in [0.05, 0.1) is 5.52 Å². The van der Waals surface area contributed by atoms with Crippen LogP contribution in [0.3, 0.4) is 0 Å². The molecule has 0 unspecified atom stereocenters. The maximum absolute atomic E-state index is 5.95. The minimum atomic E-state index is 0.419. The molecular weight excluding hydrogens is 208 g/mol. The molecule has 0 aliphatic heterocycles. The normalized spacial score (nSPS) is 12.2. The fourth-order valence-electron chi connectivity index (χ4n) is 2.22. The molecule has 2 aromatic rings. The van der Waals surface area contributed by atoms with Crippen LogP contribution in [-0.2, 0) is 6.54 Å². The molecule has 1 aromatic carbocycles. The summed E-state index contributed by atoms with van der Waals surface area (Å²) in [7, 11) is 0. The van der Waals surface area contributed by atoms with Gasteiger partial charge in [-0.05, 0) is 36.5 Å². The van der Waals surface area contributed by atoms with E-state index < -0.39 is 0 Å². The van der Waals surface area contributed by atoms with E-state index in [1.54, 1.807) is 0 Å². The first-order chi connectivity index (χ1) is 7.97. The summed E-state index contributed by atoms with van der Waals surface area (Å²) in [6.45, 7) is 7.94. The summed E-state index contributed by atoms with van der Waals surface area (Å²) in [5.74, 6) is 0. The summed E-state index contributed by atoms with van der Waals surface area (Å²) in [4.78, 5) is 0. The van der Waals surface area contributed by atoms with Crippen molar-refractivity contribution in [1.29, 1.82) is 0 Å². The third-order valence-corrected chi connectivity index (χ3v) is 3.17. The maximum Gasteiger partial charge on any atom is 0.0501 e. The van der Waals surface area contributed by atoms with Crippen molar-refractivity contribution in [2.75, 3.05) is 5.73 Å². The fraction of sp³-hybridized carbons (Fsp3) is 0.467. The molecule has 17 heavy (non-hydrogen) atoms. The van der Waals surface area contributed by atoms with Crippen LogP contribution in [0.25, 0.3) is 10.9 Å². The Bertz CT molecular complexity index is 503. The lowest BCUT2D eigenvalue weighted by Gasteiger charge is -2.18. The number of hydrogen-bond donors (Lipinski definition) is 1. The summed E-state index contributed by atoms with van der Waals surface area (Å²) in [5.41, 5.74) is 8.49. The number of nitrogen functional groups attached to an aromatic ring is 1. The number of aryl methyl sites for hydroxylation is 1. The molecular formula is C15H22N2. The first kappa shape index (κ1) is 12.0. The predicted molar refractivity (Wildman–Crippen MR) is 75.0 cm³/mol. The Morgan fingerprint density at radius 2 is 1.94 bits per heavy atom. The number of hydrogen-bond acceptors (Lipinski definition) is 1. The SMILES string of the molecule is CC(C)(C)CCCn1ccc2c(N)cccc21. The second-order valence-electron chi connectivity index (χ2n) is 5.95. The van der Waals surface area contributed by atoms with Crippen molar-refractivity contribution < 1.29 is 0 Å². The Hall–Kier alpha value is -1.44. The molecule has 0 saturated carbocycles. The number of rotatable bonds is 3. The zero-order valence-electron chi connectivity index (χ0n) is 11.0. The van der Waals surface area contributed by atoms with Crippen LogP contribution in [-0.4, -0.2) is 4.57 Å². The van der Waals surface area contributed by atoms with Gasteiger partial charge in [0.25, 0.3) is 0 Å². The molecule has 2 rings (SSSR count). The summed E-state index contributed by atoms with van der Waals surface area (Å²) in [6, 6.07) is 8.24. The number of anilines is 1. The smallest absolute Gasteiger partial charge is 0.0501 e. The molecule has 92 valence electrons. The van der Waals surface area contributed by atoms with E-state index in [2.05, 4.69) is 43.7 Å². The molecule has 2 N–H and O–H groups in total. The van der Waals surface area contributed by atoms with Crippen LogP contribution in [0.5, 0.6) is 0 Å². The van der Waals surface area contributed by atoms with Gasteiger partial charge < -0.3 is 10.3 Å². The zero-order chi connectivity index (χ0) is 12.5. The van der Waals surface area contributed by atoms with Gasteiger partial charge in [0.2, 0.25) is 0 Å². The third-order valence-electron chi connectivity index (χ3n) is 3.17. The number of fused-ring (bicyclic) bond motifs is 1. The second-order valence-corrected chi connectivity index (χ2v) is 5.95. The Morgan fingerprint density at radius 1 is 1.18 bits per heavy atom. The van der Waals surface area contributed by atoms with Crippen LogP contribution in [0.1, 0.15) is 33.6 Å². The van der Waals surface area contributed by atoms with E-state index in [0.717, 1.165) is 12.2 Å². The van der Waals surface area contributed by atoms with E-state index in [9.17, 15) is 0 Å². The average molecular weight is 230 g/mol. The van der Waals surface area contributed by atoms with Gasteiger partial charge in [-0.3, -0.25) is 0 Å². The van der Waals surface area contributed by atoms with E-state index in [0.29, 0.717) is 5.41 Å². The van der Waals surface area contributed by atoms with Gasteiger partial charge in [-0.2, -0.15) is 0 Å². The molecule has 0 saturated heterocycles.